The molecule has 0 bridgehead atoms. The highest BCUT2D eigenvalue weighted by Gasteiger charge is 2.15. The molecule has 3 rings (SSSR count). The molecule has 1 heterocycles. The highest BCUT2D eigenvalue weighted by atomic mass is 32.2. The molecule has 25 heavy (non-hydrogen) atoms. The van der Waals surface area contributed by atoms with Crippen LogP contribution in [-0.4, -0.2) is 34.2 Å². The second-order valence-corrected chi connectivity index (χ2v) is 7.47. The molecule has 2 aromatic rings. The lowest BCUT2D eigenvalue weighted by Crippen LogP contribution is -2.36. The number of amides is 1. The van der Waals surface area contributed by atoms with E-state index < -0.39 is 0 Å². The molecule has 1 fully saturated rings. The second-order valence-electron chi connectivity index (χ2n) is 6.40. The van der Waals surface area contributed by atoms with Crippen LogP contribution in [0.5, 0.6) is 0 Å². The summed E-state index contributed by atoms with van der Waals surface area (Å²) in [6, 6.07) is 8.38. The first-order valence-electron chi connectivity index (χ1n) is 9.19. The Balaban J connectivity index is 1.56. The van der Waals surface area contributed by atoms with E-state index in [0.29, 0.717) is 18.2 Å². The number of para-hydroxylation sites is 1. The van der Waals surface area contributed by atoms with E-state index in [1.165, 1.54) is 19.3 Å². The van der Waals surface area contributed by atoms with Crippen LogP contribution in [0.2, 0.25) is 0 Å². The first-order valence-corrected chi connectivity index (χ1v) is 10.2. The number of carbonyl (C=O) groups is 1. The van der Waals surface area contributed by atoms with Gasteiger partial charge < -0.3 is 10.6 Å². The minimum absolute atomic E-state index is 0.145. The molecular formula is C19H26N4OS. The molecule has 1 amide bonds. The zero-order valence-electron chi connectivity index (χ0n) is 14.8. The summed E-state index contributed by atoms with van der Waals surface area (Å²) in [5.41, 5.74) is 0.933. The number of anilines is 1. The van der Waals surface area contributed by atoms with Crippen molar-refractivity contribution in [3.05, 3.63) is 24.3 Å². The van der Waals surface area contributed by atoms with Gasteiger partial charge in [0, 0.05) is 30.1 Å². The first kappa shape index (κ1) is 18.0. The lowest BCUT2D eigenvalue weighted by Gasteiger charge is -2.22. The van der Waals surface area contributed by atoms with Crippen LogP contribution < -0.4 is 10.6 Å². The van der Waals surface area contributed by atoms with Gasteiger partial charge in [-0.15, -0.1) is 0 Å². The van der Waals surface area contributed by atoms with Gasteiger partial charge in [0.1, 0.15) is 5.82 Å². The number of rotatable bonds is 7. The third kappa shape index (κ3) is 5.08. The van der Waals surface area contributed by atoms with Gasteiger partial charge in [0.25, 0.3) is 0 Å². The predicted octanol–water partition coefficient (Wildman–Crippen LogP) is 3.99. The van der Waals surface area contributed by atoms with E-state index in [0.717, 1.165) is 41.3 Å². The number of hydrogen-bond donors (Lipinski definition) is 2. The van der Waals surface area contributed by atoms with Crippen LogP contribution >= 0.6 is 11.8 Å². The SMILES string of the molecule is CCNc1nc(SCCC(=O)NC2CCCCC2)nc2ccccc12. The molecule has 0 radical (unpaired) electrons. The van der Waals surface area contributed by atoms with E-state index in [2.05, 4.69) is 27.5 Å². The summed E-state index contributed by atoms with van der Waals surface area (Å²) in [5, 5.41) is 8.22. The molecule has 5 nitrogen and oxygen atoms in total. The highest BCUT2D eigenvalue weighted by Crippen LogP contribution is 2.24. The molecule has 0 aliphatic heterocycles. The molecule has 0 atom stereocenters. The summed E-state index contributed by atoms with van der Waals surface area (Å²) in [4.78, 5) is 21.3. The Morgan fingerprint density at radius 2 is 2.00 bits per heavy atom. The van der Waals surface area contributed by atoms with Crippen LogP contribution in [0.15, 0.2) is 29.4 Å². The first-order chi connectivity index (χ1) is 12.3. The average Bonchev–Trinajstić information content (AvgIpc) is 2.63. The second kappa shape index (κ2) is 9.04. The fourth-order valence-electron chi connectivity index (χ4n) is 3.20. The van der Waals surface area contributed by atoms with Crippen molar-refractivity contribution in [1.29, 1.82) is 0 Å². The smallest absolute Gasteiger partial charge is 0.221 e. The van der Waals surface area contributed by atoms with Crippen LogP contribution in [0.1, 0.15) is 45.4 Å². The van der Waals surface area contributed by atoms with Crippen molar-refractivity contribution >= 4 is 34.4 Å². The lowest BCUT2D eigenvalue weighted by atomic mass is 9.95. The Bertz CT molecular complexity index is 716. The van der Waals surface area contributed by atoms with Crippen LogP contribution in [-0.2, 0) is 4.79 Å². The molecule has 1 aliphatic carbocycles. The van der Waals surface area contributed by atoms with E-state index in [1.807, 2.05) is 24.3 Å². The van der Waals surface area contributed by atoms with Crippen molar-refractivity contribution < 1.29 is 4.79 Å². The molecule has 0 saturated heterocycles. The van der Waals surface area contributed by atoms with Gasteiger partial charge in [-0.25, -0.2) is 9.97 Å². The molecular weight excluding hydrogens is 332 g/mol. The van der Waals surface area contributed by atoms with E-state index in [1.54, 1.807) is 11.8 Å². The molecule has 0 unspecified atom stereocenters. The number of aromatic nitrogens is 2. The number of nitrogens with one attached hydrogen (secondary N) is 2. The van der Waals surface area contributed by atoms with Gasteiger partial charge in [0.05, 0.1) is 5.52 Å². The van der Waals surface area contributed by atoms with Gasteiger partial charge in [-0.05, 0) is 31.9 Å². The molecule has 6 heteroatoms. The molecule has 1 aromatic heterocycles. The number of carbonyl (C=O) groups excluding carboxylic acids is 1. The zero-order chi connectivity index (χ0) is 17.5. The Morgan fingerprint density at radius 1 is 1.20 bits per heavy atom. The van der Waals surface area contributed by atoms with E-state index in [4.69, 9.17) is 0 Å². The third-order valence-electron chi connectivity index (χ3n) is 4.46. The highest BCUT2D eigenvalue weighted by molar-refractivity contribution is 7.99. The summed E-state index contributed by atoms with van der Waals surface area (Å²) in [6.45, 7) is 2.87. The monoisotopic (exact) mass is 358 g/mol. The topological polar surface area (TPSA) is 66.9 Å². The maximum absolute atomic E-state index is 12.1. The zero-order valence-corrected chi connectivity index (χ0v) is 15.6. The van der Waals surface area contributed by atoms with Crippen molar-refractivity contribution in [2.45, 2.75) is 56.6 Å². The number of nitrogens with zero attached hydrogens (tertiary/aromatic N) is 2. The number of hydrogen-bond acceptors (Lipinski definition) is 5. The predicted molar refractivity (Wildman–Crippen MR) is 104 cm³/mol. The van der Waals surface area contributed by atoms with Gasteiger partial charge in [0.15, 0.2) is 5.16 Å². The summed E-state index contributed by atoms with van der Waals surface area (Å²) in [5.74, 6) is 1.71. The summed E-state index contributed by atoms with van der Waals surface area (Å²) in [7, 11) is 0. The lowest BCUT2D eigenvalue weighted by molar-refractivity contribution is -0.121. The number of fused-ring (bicyclic) bond motifs is 1. The fourth-order valence-corrected chi connectivity index (χ4v) is 3.99. The van der Waals surface area contributed by atoms with Crippen molar-refractivity contribution in [3.8, 4) is 0 Å². The third-order valence-corrected chi connectivity index (χ3v) is 5.31. The van der Waals surface area contributed by atoms with Crippen molar-refractivity contribution in [1.82, 2.24) is 15.3 Å². The molecule has 2 N–H and O–H groups in total. The average molecular weight is 359 g/mol. The Kier molecular flexibility index (Phi) is 6.50. The Labute approximate surface area is 153 Å². The Hall–Kier alpha value is -1.82. The molecule has 1 saturated carbocycles. The quantitative estimate of drug-likeness (QED) is 0.578. The van der Waals surface area contributed by atoms with Crippen LogP contribution in [0.3, 0.4) is 0 Å². The number of thioether (sulfide) groups is 1. The standard InChI is InChI=1S/C19H26N4OS/c1-2-20-18-15-10-6-7-11-16(15)22-19(23-18)25-13-12-17(24)21-14-8-4-3-5-9-14/h6-7,10-11,14H,2-5,8-9,12-13H2,1H3,(H,21,24)(H,20,22,23). The van der Waals surface area contributed by atoms with Gasteiger partial charge in [0.2, 0.25) is 5.91 Å². The summed E-state index contributed by atoms with van der Waals surface area (Å²) in [6.07, 6.45) is 6.52. The maximum atomic E-state index is 12.1. The van der Waals surface area contributed by atoms with Crippen molar-refractivity contribution in [2.24, 2.45) is 0 Å². The van der Waals surface area contributed by atoms with Crippen molar-refractivity contribution in [3.63, 3.8) is 0 Å². The fraction of sp³-hybridized carbons (Fsp3) is 0.526. The molecule has 0 spiro atoms. The van der Waals surface area contributed by atoms with E-state index in [-0.39, 0.29) is 5.91 Å². The number of benzene rings is 1. The van der Waals surface area contributed by atoms with Gasteiger partial charge in [-0.3, -0.25) is 4.79 Å². The molecule has 134 valence electrons. The van der Waals surface area contributed by atoms with Gasteiger partial charge in [-0.1, -0.05) is 43.2 Å². The van der Waals surface area contributed by atoms with Gasteiger partial charge >= 0.3 is 0 Å². The minimum Gasteiger partial charge on any atom is -0.370 e. The molecule has 1 aromatic carbocycles. The summed E-state index contributed by atoms with van der Waals surface area (Å²) >= 11 is 1.54. The Morgan fingerprint density at radius 3 is 2.80 bits per heavy atom. The maximum Gasteiger partial charge on any atom is 0.221 e. The van der Waals surface area contributed by atoms with E-state index in [9.17, 15) is 4.79 Å². The van der Waals surface area contributed by atoms with Gasteiger partial charge in [-0.2, -0.15) is 0 Å². The van der Waals surface area contributed by atoms with Crippen LogP contribution in [0, 0.1) is 0 Å². The van der Waals surface area contributed by atoms with Crippen LogP contribution in [0.25, 0.3) is 10.9 Å². The van der Waals surface area contributed by atoms with E-state index >= 15 is 0 Å². The minimum atomic E-state index is 0.145. The summed E-state index contributed by atoms with van der Waals surface area (Å²) < 4.78 is 0. The molecule has 1 aliphatic rings. The van der Waals surface area contributed by atoms with Crippen LogP contribution in [0.4, 0.5) is 5.82 Å². The van der Waals surface area contributed by atoms with Crippen molar-refractivity contribution in [2.75, 3.05) is 17.6 Å². The largest absolute Gasteiger partial charge is 0.370 e. The normalized spacial score (nSPS) is 15.2.